The molecule has 34 heavy (non-hydrogen) atoms. The van der Waals surface area contributed by atoms with Crippen molar-refractivity contribution in [3.63, 3.8) is 0 Å². The quantitative estimate of drug-likeness (QED) is 0.508. The van der Waals surface area contributed by atoms with Gasteiger partial charge in [-0.3, -0.25) is 4.79 Å². The maximum atomic E-state index is 12.7. The van der Waals surface area contributed by atoms with Crippen molar-refractivity contribution in [3.05, 3.63) is 95.0 Å². The molecule has 0 spiro atoms. The number of anilines is 1. The van der Waals surface area contributed by atoms with Crippen molar-refractivity contribution in [1.82, 2.24) is 9.62 Å². The molecule has 1 heterocycles. The van der Waals surface area contributed by atoms with Crippen LogP contribution in [0.4, 0.5) is 5.69 Å². The molecule has 0 atom stereocenters. The number of nitrogens with zero attached hydrogens (tertiary/aromatic N) is 2. The summed E-state index contributed by atoms with van der Waals surface area (Å²) in [6.45, 7) is 3.14. The minimum Gasteiger partial charge on any atom is -0.368 e. The summed E-state index contributed by atoms with van der Waals surface area (Å²) in [5.41, 5.74) is 2.91. The van der Waals surface area contributed by atoms with E-state index >= 15 is 0 Å². The molecule has 0 radical (unpaired) electrons. The van der Waals surface area contributed by atoms with Crippen LogP contribution < -0.4 is 9.62 Å². The highest BCUT2D eigenvalue weighted by molar-refractivity contribution is 7.89. The van der Waals surface area contributed by atoms with Gasteiger partial charge in [0.25, 0.3) is 0 Å². The molecule has 1 aliphatic rings. The highest BCUT2D eigenvalue weighted by Gasteiger charge is 2.21. The first-order chi connectivity index (χ1) is 16.4. The van der Waals surface area contributed by atoms with Crippen LogP contribution in [0.3, 0.4) is 0 Å². The summed E-state index contributed by atoms with van der Waals surface area (Å²) in [7, 11) is -3.59. The smallest absolute Gasteiger partial charge is 0.240 e. The molecule has 8 heteroatoms. The zero-order valence-electron chi connectivity index (χ0n) is 18.9. The van der Waals surface area contributed by atoms with Crippen LogP contribution in [0.2, 0.25) is 5.02 Å². The summed E-state index contributed by atoms with van der Waals surface area (Å²) < 4.78 is 27.7. The first-order valence-corrected chi connectivity index (χ1v) is 13.2. The average molecular weight is 498 g/mol. The van der Waals surface area contributed by atoms with Crippen molar-refractivity contribution in [2.24, 2.45) is 0 Å². The summed E-state index contributed by atoms with van der Waals surface area (Å²) in [4.78, 5) is 17.0. The molecule has 1 saturated heterocycles. The Morgan fingerprint density at radius 3 is 2.24 bits per heavy atom. The molecule has 1 amide bonds. The summed E-state index contributed by atoms with van der Waals surface area (Å²) >= 11 is 6.09. The number of benzene rings is 3. The zero-order chi connectivity index (χ0) is 24.0. The molecule has 3 aromatic carbocycles. The monoisotopic (exact) mass is 497 g/mol. The van der Waals surface area contributed by atoms with E-state index in [1.54, 1.807) is 24.3 Å². The Morgan fingerprint density at radius 1 is 0.853 bits per heavy atom. The molecule has 0 unspecified atom stereocenters. The first-order valence-electron chi connectivity index (χ1n) is 11.3. The van der Waals surface area contributed by atoms with Gasteiger partial charge in [-0.05, 0) is 47.9 Å². The zero-order valence-corrected chi connectivity index (χ0v) is 20.4. The molecule has 1 aliphatic heterocycles. The largest absolute Gasteiger partial charge is 0.368 e. The van der Waals surface area contributed by atoms with Crippen LogP contribution in [0.5, 0.6) is 0 Å². The molecular weight excluding hydrogens is 470 g/mol. The molecule has 0 saturated carbocycles. The maximum Gasteiger partial charge on any atom is 0.240 e. The van der Waals surface area contributed by atoms with Gasteiger partial charge in [-0.2, -0.15) is 0 Å². The van der Waals surface area contributed by atoms with Crippen molar-refractivity contribution >= 4 is 33.2 Å². The molecule has 4 rings (SSSR count). The van der Waals surface area contributed by atoms with Gasteiger partial charge in [-0.1, -0.05) is 60.1 Å². The van der Waals surface area contributed by atoms with Crippen LogP contribution >= 0.6 is 11.6 Å². The Kier molecular flexibility index (Phi) is 7.88. The Hall–Kier alpha value is -2.87. The van der Waals surface area contributed by atoms with Gasteiger partial charge in [0.1, 0.15) is 0 Å². The number of carbonyl (C=O) groups excluding carboxylic acids is 1. The molecule has 0 aromatic heterocycles. The molecule has 1 fully saturated rings. The number of hydrogen-bond acceptors (Lipinski definition) is 4. The second-order valence-corrected chi connectivity index (χ2v) is 10.5. The van der Waals surface area contributed by atoms with E-state index in [-0.39, 0.29) is 17.3 Å². The van der Waals surface area contributed by atoms with E-state index in [1.165, 1.54) is 0 Å². The van der Waals surface area contributed by atoms with Gasteiger partial charge in [-0.25, -0.2) is 13.1 Å². The molecule has 6 nitrogen and oxygen atoms in total. The molecule has 178 valence electrons. The van der Waals surface area contributed by atoms with Crippen molar-refractivity contribution < 1.29 is 13.2 Å². The highest BCUT2D eigenvalue weighted by atomic mass is 35.5. The van der Waals surface area contributed by atoms with Crippen LogP contribution in [-0.4, -0.2) is 45.4 Å². The number of piperazine rings is 1. The SMILES string of the molecule is O=C(CCc1ccc(S(=O)(=O)NCc2ccccc2)cc1)N1CCN(c2cccc(Cl)c2)CC1. The third-order valence-corrected chi connectivity index (χ3v) is 7.63. The van der Waals surface area contributed by atoms with E-state index in [2.05, 4.69) is 9.62 Å². The lowest BCUT2D eigenvalue weighted by atomic mass is 10.1. The van der Waals surface area contributed by atoms with Gasteiger partial charge in [0.15, 0.2) is 0 Å². The van der Waals surface area contributed by atoms with Crippen LogP contribution in [0.25, 0.3) is 0 Å². The second-order valence-electron chi connectivity index (χ2n) is 8.30. The summed E-state index contributed by atoms with van der Waals surface area (Å²) in [5, 5.41) is 0.710. The van der Waals surface area contributed by atoms with E-state index < -0.39 is 10.0 Å². The lowest BCUT2D eigenvalue weighted by Crippen LogP contribution is -2.48. The summed E-state index contributed by atoms with van der Waals surface area (Å²) in [6.07, 6.45) is 0.973. The van der Waals surface area contributed by atoms with Crippen molar-refractivity contribution in [1.29, 1.82) is 0 Å². The van der Waals surface area contributed by atoms with E-state index in [1.807, 2.05) is 59.5 Å². The second kappa shape index (κ2) is 11.0. The van der Waals surface area contributed by atoms with Crippen molar-refractivity contribution in [2.75, 3.05) is 31.1 Å². The third-order valence-electron chi connectivity index (χ3n) is 5.98. The van der Waals surface area contributed by atoms with Gasteiger partial charge < -0.3 is 9.80 Å². The van der Waals surface area contributed by atoms with Gasteiger partial charge in [0.2, 0.25) is 15.9 Å². The van der Waals surface area contributed by atoms with E-state index in [0.717, 1.165) is 29.9 Å². The minimum atomic E-state index is -3.59. The number of hydrogen-bond donors (Lipinski definition) is 1. The van der Waals surface area contributed by atoms with Crippen LogP contribution in [-0.2, 0) is 27.8 Å². The number of nitrogens with one attached hydrogen (secondary N) is 1. The molecule has 0 bridgehead atoms. The van der Waals surface area contributed by atoms with Crippen molar-refractivity contribution in [3.8, 4) is 0 Å². The van der Waals surface area contributed by atoms with E-state index in [9.17, 15) is 13.2 Å². The number of halogens is 1. The van der Waals surface area contributed by atoms with Gasteiger partial charge in [-0.15, -0.1) is 0 Å². The Morgan fingerprint density at radius 2 is 1.56 bits per heavy atom. The summed E-state index contributed by atoms with van der Waals surface area (Å²) in [6, 6.07) is 23.9. The molecular formula is C26H28ClN3O3S. The topological polar surface area (TPSA) is 69.7 Å². The molecule has 1 N–H and O–H groups in total. The minimum absolute atomic E-state index is 0.118. The van der Waals surface area contributed by atoms with Crippen LogP contribution in [0.1, 0.15) is 17.5 Å². The average Bonchev–Trinajstić information content (AvgIpc) is 2.87. The predicted octanol–water partition coefficient (Wildman–Crippen LogP) is 4.10. The highest BCUT2D eigenvalue weighted by Crippen LogP contribution is 2.21. The van der Waals surface area contributed by atoms with E-state index in [0.29, 0.717) is 31.0 Å². The Labute approximate surface area is 206 Å². The van der Waals surface area contributed by atoms with Gasteiger partial charge in [0.05, 0.1) is 4.90 Å². The van der Waals surface area contributed by atoms with Crippen molar-refractivity contribution in [2.45, 2.75) is 24.3 Å². The number of rotatable bonds is 8. The lowest BCUT2D eigenvalue weighted by molar-refractivity contribution is -0.131. The van der Waals surface area contributed by atoms with Gasteiger partial charge in [0, 0.05) is 49.9 Å². The third kappa shape index (κ3) is 6.38. The number of aryl methyl sites for hydroxylation is 1. The molecule has 0 aliphatic carbocycles. The lowest BCUT2D eigenvalue weighted by Gasteiger charge is -2.36. The first kappa shape index (κ1) is 24.3. The van der Waals surface area contributed by atoms with Crippen LogP contribution in [0, 0.1) is 0 Å². The van der Waals surface area contributed by atoms with Crippen LogP contribution in [0.15, 0.2) is 83.8 Å². The van der Waals surface area contributed by atoms with E-state index in [4.69, 9.17) is 11.6 Å². The number of sulfonamides is 1. The normalized spacial score (nSPS) is 14.3. The molecule has 3 aromatic rings. The number of carbonyl (C=O) groups is 1. The fourth-order valence-electron chi connectivity index (χ4n) is 3.99. The van der Waals surface area contributed by atoms with Gasteiger partial charge >= 0.3 is 0 Å². The Bertz CT molecular complexity index is 1210. The fraction of sp³-hybridized carbons (Fsp3) is 0.269. The standard InChI is InChI=1S/C26H28ClN3O3S/c27-23-7-4-8-24(19-23)29-15-17-30(18-16-29)26(31)14-11-21-9-12-25(13-10-21)34(32,33)28-20-22-5-2-1-3-6-22/h1-10,12-13,19,28H,11,14-18,20H2. The maximum absolute atomic E-state index is 12.7. The summed E-state index contributed by atoms with van der Waals surface area (Å²) in [5.74, 6) is 0.118. The predicted molar refractivity (Wildman–Crippen MR) is 135 cm³/mol. The Balaban J connectivity index is 1.25. The fourth-order valence-corrected chi connectivity index (χ4v) is 5.19. The number of amides is 1.